The van der Waals surface area contributed by atoms with Crippen molar-refractivity contribution in [3.8, 4) is 5.75 Å². The quantitative estimate of drug-likeness (QED) is 0.792. The number of hydrogen-bond donors (Lipinski definition) is 0. The molecule has 0 bridgehead atoms. The van der Waals surface area contributed by atoms with Crippen LogP contribution in [0.25, 0.3) is 0 Å². The van der Waals surface area contributed by atoms with Gasteiger partial charge in [0, 0.05) is 5.56 Å². The lowest BCUT2D eigenvalue weighted by Gasteiger charge is -2.07. The Bertz CT molecular complexity index is 678. The number of ether oxygens (including phenoxy) is 1. The number of ketones is 2. The van der Waals surface area contributed by atoms with Gasteiger partial charge in [0.15, 0.2) is 12.4 Å². The van der Waals surface area contributed by atoms with Crippen LogP contribution in [-0.2, 0) is 0 Å². The van der Waals surface area contributed by atoms with Gasteiger partial charge in [0.05, 0.1) is 5.56 Å². The molecule has 2 rings (SSSR count). The Balaban J connectivity index is 2.04. The molecule has 0 fully saturated rings. The molecule has 5 heteroatoms. The van der Waals surface area contributed by atoms with Crippen LogP contribution in [-0.4, -0.2) is 18.2 Å². The van der Waals surface area contributed by atoms with Crippen molar-refractivity contribution in [2.45, 2.75) is 6.92 Å². The zero-order chi connectivity index (χ0) is 15.4. The number of Topliss-reactive ketones (excluding diaryl/α,β-unsaturated/α-hetero) is 2. The van der Waals surface area contributed by atoms with Crippen molar-refractivity contribution in [3.05, 3.63) is 65.2 Å². The van der Waals surface area contributed by atoms with E-state index in [1.807, 2.05) is 0 Å². The van der Waals surface area contributed by atoms with E-state index in [1.54, 1.807) is 12.1 Å². The van der Waals surface area contributed by atoms with Crippen LogP contribution >= 0.6 is 0 Å². The van der Waals surface area contributed by atoms with Gasteiger partial charge < -0.3 is 4.74 Å². The van der Waals surface area contributed by atoms with Crippen molar-refractivity contribution in [3.63, 3.8) is 0 Å². The van der Waals surface area contributed by atoms with Crippen LogP contribution in [0.4, 0.5) is 8.78 Å². The molecule has 0 atom stereocenters. The van der Waals surface area contributed by atoms with Gasteiger partial charge in [-0.25, -0.2) is 8.78 Å². The first-order chi connectivity index (χ1) is 9.97. The summed E-state index contributed by atoms with van der Waals surface area (Å²) >= 11 is 0. The SMILES string of the molecule is CC(=O)c1ccc(OCC(=O)c2cc(F)ccc2F)cc1. The van der Waals surface area contributed by atoms with Crippen molar-refractivity contribution in [2.24, 2.45) is 0 Å². The van der Waals surface area contributed by atoms with Gasteiger partial charge in [-0.2, -0.15) is 0 Å². The van der Waals surface area contributed by atoms with Crippen molar-refractivity contribution >= 4 is 11.6 Å². The largest absolute Gasteiger partial charge is 0.485 e. The smallest absolute Gasteiger partial charge is 0.203 e. The highest BCUT2D eigenvalue weighted by Gasteiger charge is 2.13. The number of carbonyl (C=O) groups is 2. The minimum atomic E-state index is -0.795. The summed E-state index contributed by atoms with van der Waals surface area (Å²) in [6, 6.07) is 8.85. The molecule has 0 heterocycles. The highest BCUT2D eigenvalue weighted by molar-refractivity contribution is 5.97. The third-order valence-corrected chi connectivity index (χ3v) is 2.86. The number of carbonyl (C=O) groups excluding carboxylic acids is 2. The third-order valence-electron chi connectivity index (χ3n) is 2.86. The minimum Gasteiger partial charge on any atom is -0.485 e. The van der Waals surface area contributed by atoms with Crippen LogP contribution in [0.5, 0.6) is 5.75 Å². The summed E-state index contributed by atoms with van der Waals surface area (Å²) in [7, 11) is 0. The van der Waals surface area contributed by atoms with Crippen molar-refractivity contribution < 1.29 is 23.1 Å². The Morgan fingerprint density at radius 2 is 1.71 bits per heavy atom. The zero-order valence-electron chi connectivity index (χ0n) is 11.2. The first-order valence-electron chi connectivity index (χ1n) is 6.19. The van der Waals surface area contributed by atoms with E-state index < -0.39 is 24.0 Å². The molecule has 0 aromatic heterocycles. The Morgan fingerprint density at radius 1 is 1.05 bits per heavy atom. The molecule has 2 aromatic rings. The maximum Gasteiger partial charge on any atom is 0.203 e. The molecule has 0 unspecified atom stereocenters. The van der Waals surface area contributed by atoms with Crippen LogP contribution < -0.4 is 4.74 Å². The van der Waals surface area contributed by atoms with Gasteiger partial charge in [-0.05, 0) is 49.4 Å². The summed E-state index contributed by atoms with van der Waals surface area (Å²) in [4.78, 5) is 22.9. The second-order valence-electron chi connectivity index (χ2n) is 4.42. The second-order valence-corrected chi connectivity index (χ2v) is 4.42. The third kappa shape index (κ3) is 3.72. The van der Waals surface area contributed by atoms with Crippen LogP contribution in [0.2, 0.25) is 0 Å². The Labute approximate surface area is 120 Å². The average Bonchev–Trinajstić information content (AvgIpc) is 2.47. The molecule has 2 aromatic carbocycles. The van der Waals surface area contributed by atoms with Crippen LogP contribution in [0.3, 0.4) is 0 Å². The molecule has 0 amide bonds. The molecule has 0 aliphatic heterocycles. The average molecular weight is 290 g/mol. The maximum absolute atomic E-state index is 13.4. The van der Waals surface area contributed by atoms with Crippen LogP contribution in [0, 0.1) is 11.6 Å². The summed E-state index contributed by atoms with van der Waals surface area (Å²) in [5, 5.41) is 0. The van der Waals surface area contributed by atoms with Gasteiger partial charge in [0.1, 0.15) is 17.4 Å². The molecule has 3 nitrogen and oxygen atoms in total. The topological polar surface area (TPSA) is 43.4 Å². The predicted octanol–water partition coefficient (Wildman–Crippen LogP) is 3.43. The molecule has 0 aliphatic carbocycles. The van der Waals surface area contributed by atoms with Gasteiger partial charge >= 0.3 is 0 Å². The Morgan fingerprint density at radius 3 is 2.33 bits per heavy atom. The molecule has 21 heavy (non-hydrogen) atoms. The number of rotatable bonds is 5. The molecule has 0 N–H and O–H groups in total. The number of halogens is 2. The van der Waals surface area contributed by atoms with E-state index in [4.69, 9.17) is 4.74 Å². The van der Waals surface area contributed by atoms with Crippen molar-refractivity contribution in [1.29, 1.82) is 0 Å². The Hall–Kier alpha value is -2.56. The van der Waals surface area contributed by atoms with Gasteiger partial charge in [-0.15, -0.1) is 0 Å². The Kier molecular flexibility index (Phi) is 4.42. The second kappa shape index (κ2) is 6.26. The number of benzene rings is 2. The van der Waals surface area contributed by atoms with Crippen LogP contribution in [0.15, 0.2) is 42.5 Å². The van der Waals surface area contributed by atoms with E-state index in [0.29, 0.717) is 11.3 Å². The van der Waals surface area contributed by atoms with E-state index in [-0.39, 0.29) is 11.3 Å². The first kappa shape index (κ1) is 14.8. The van der Waals surface area contributed by atoms with E-state index in [1.165, 1.54) is 19.1 Å². The lowest BCUT2D eigenvalue weighted by molar-refractivity contribution is 0.0916. The molecule has 108 valence electrons. The lowest BCUT2D eigenvalue weighted by Crippen LogP contribution is -2.13. The molecule has 0 saturated heterocycles. The fourth-order valence-corrected chi connectivity index (χ4v) is 1.72. The summed E-state index contributed by atoms with van der Waals surface area (Å²) in [6.45, 7) is 1.02. The molecule has 0 saturated carbocycles. The molecule has 0 spiro atoms. The summed E-state index contributed by atoms with van der Waals surface area (Å²) in [5.41, 5.74) is 0.167. The summed E-state index contributed by atoms with van der Waals surface area (Å²) in [6.07, 6.45) is 0. The van der Waals surface area contributed by atoms with Gasteiger partial charge in [0.25, 0.3) is 0 Å². The standard InChI is InChI=1S/C16H12F2O3/c1-10(19)11-2-5-13(6-3-11)21-9-16(20)14-8-12(17)4-7-15(14)18/h2-8H,9H2,1H3. The molecular weight excluding hydrogens is 278 g/mol. The normalized spacial score (nSPS) is 10.2. The highest BCUT2D eigenvalue weighted by Crippen LogP contribution is 2.15. The maximum atomic E-state index is 13.4. The fourth-order valence-electron chi connectivity index (χ4n) is 1.72. The highest BCUT2D eigenvalue weighted by atomic mass is 19.1. The van der Waals surface area contributed by atoms with Crippen LogP contribution in [0.1, 0.15) is 27.6 Å². The lowest BCUT2D eigenvalue weighted by atomic mass is 10.1. The predicted molar refractivity (Wildman–Crippen MR) is 72.6 cm³/mol. The van der Waals surface area contributed by atoms with E-state index in [9.17, 15) is 18.4 Å². The van der Waals surface area contributed by atoms with Crippen molar-refractivity contribution in [1.82, 2.24) is 0 Å². The molecule has 0 radical (unpaired) electrons. The summed E-state index contributed by atoms with van der Waals surface area (Å²) < 4.78 is 31.6. The molecular formula is C16H12F2O3. The van der Waals surface area contributed by atoms with Gasteiger partial charge in [0.2, 0.25) is 5.78 Å². The number of hydrogen-bond acceptors (Lipinski definition) is 3. The minimum absolute atomic E-state index is 0.0838. The van der Waals surface area contributed by atoms with E-state index in [2.05, 4.69) is 0 Å². The van der Waals surface area contributed by atoms with E-state index >= 15 is 0 Å². The zero-order valence-corrected chi connectivity index (χ0v) is 11.2. The van der Waals surface area contributed by atoms with E-state index in [0.717, 1.165) is 18.2 Å². The first-order valence-corrected chi connectivity index (χ1v) is 6.19. The van der Waals surface area contributed by atoms with Crippen molar-refractivity contribution in [2.75, 3.05) is 6.61 Å². The van der Waals surface area contributed by atoms with Gasteiger partial charge in [-0.3, -0.25) is 9.59 Å². The fraction of sp³-hybridized carbons (Fsp3) is 0.125. The molecule has 0 aliphatic rings. The summed E-state index contributed by atoms with van der Waals surface area (Å²) in [5.74, 6) is -1.87. The monoisotopic (exact) mass is 290 g/mol. The van der Waals surface area contributed by atoms with Gasteiger partial charge in [-0.1, -0.05) is 0 Å².